The third kappa shape index (κ3) is 3.28. The van der Waals surface area contributed by atoms with Crippen molar-refractivity contribution in [2.45, 2.75) is 19.9 Å². The summed E-state index contributed by atoms with van der Waals surface area (Å²) in [5.74, 6) is -0.0476. The molecule has 0 aliphatic rings. The second-order valence-corrected chi connectivity index (χ2v) is 5.59. The number of nitrogens with zero attached hydrogens (tertiary/aromatic N) is 6. The van der Waals surface area contributed by atoms with Crippen molar-refractivity contribution >= 4 is 17.0 Å². The zero-order valence-electron chi connectivity index (χ0n) is 11.7. The molecule has 23 heavy (non-hydrogen) atoms. The number of tetrazole rings is 1. The Morgan fingerprint density at radius 3 is 2.74 bits per heavy atom. The largest absolute Gasteiger partial charge is 0.378 e. The summed E-state index contributed by atoms with van der Waals surface area (Å²) in [6.45, 7) is 1.84. The van der Waals surface area contributed by atoms with Crippen LogP contribution in [0, 0.1) is 12.7 Å². The van der Waals surface area contributed by atoms with Gasteiger partial charge in [0.1, 0.15) is 16.5 Å². The Balaban J connectivity index is 1.77. The Bertz CT molecular complexity index is 817. The van der Waals surface area contributed by atoms with Crippen LogP contribution in [0.15, 0.2) is 18.2 Å². The second kappa shape index (κ2) is 6.28. The lowest BCUT2D eigenvalue weighted by Gasteiger charge is -2.08. The van der Waals surface area contributed by atoms with Crippen LogP contribution in [0.25, 0.3) is 5.69 Å². The highest BCUT2D eigenvalue weighted by Gasteiger charge is 2.14. The van der Waals surface area contributed by atoms with Crippen molar-refractivity contribution in [1.29, 1.82) is 0 Å². The van der Waals surface area contributed by atoms with Gasteiger partial charge < -0.3 is 5.32 Å². The third-order valence-electron chi connectivity index (χ3n) is 2.91. The van der Waals surface area contributed by atoms with Gasteiger partial charge in [-0.3, -0.25) is 0 Å². The van der Waals surface area contributed by atoms with Crippen LogP contribution in [-0.4, -0.2) is 30.4 Å². The number of hydrogen-bond donors (Lipinski definition) is 1. The minimum Gasteiger partial charge on any atom is -0.378 e. The van der Waals surface area contributed by atoms with E-state index in [1.807, 2.05) is 0 Å². The molecule has 0 saturated carbocycles. The van der Waals surface area contributed by atoms with E-state index in [1.54, 1.807) is 6.92 Å². The fourth-order valence-corrected chi connectivity index (χ4v) is 2.48. The van der Waals surface area contributed by atoms with Gasteiger partial charge in [0.05, 0.1) is 6.54 Å². The molecule has 0 aliphatic heterocycles. The molecule has 3 aromatic rings. The van der Waals surface area contributed by atoms with E-state index in [4.69, 9.17) is 0 Å². The molecule has 0 amide bonds. The average molecular weight is 341 g/mol. The number of hydrogen-bond acceptors (Lipinski definition) is 7. The number of nitrogens with one attached hydrogen (secondary N) is 1. The first-order valence-electron chi connectivity index (χ1n) is 6.44. The van der Waals surface area contributed by atoms with Gasteiger partial charge in [0.15, 0.2) is 10.8 Å². The Labute approximate surface area is 132 Å². The zero-order valence-corrected chi connectivity index (χ0v) is 12.6. The Hall–Kier alpha value is -2.56. The molecule has 2 heterocycles. The predicted octanol–water partition coefficient (Wildman–Crippen LogP) is 2.51. The fraction of sp³-hybridized carbons (Fsp3) is 0.250. The first kappa shape index (κ1) is 15.3. The van der Waals surface area contributed by atoms with Crippen LogP contribution >= 0.6 is 11.3 Å². The van der Waals surface area contributed by atoms with Gasteiger partial charge in [0, 0.05) is 5.69 Å². The summed E-state index contributed by atoms with van der Waals surface area (Å²) >= 11 is 0.821. The van der Waals surface area contributed by atoms with Crippen LogP contribution in [0.3, 0.4) is 0 Å². The molecule has 3 rings (SSSR count). The highest BCUT2D eigenvalue weighted by molar-refractivity contribution is 7.11. The maximum Gasteiger partial charge on any atom is 0.291 e. The first-order valence-corrected chi connectivity index (χ1v) is 7.25. The maximum atomic E-state index is 13.9. The summed E-state index contributed by atoms with van der Waals surface area (Å²) in [7, 11) is 0. The van der Waals surface area contributed by atoms with Crippen molar-refractivity contribution in [3.05, 3.63) is 39.9 Å². The molecule has 0 bridgehead atoms. The summed E-state index contributed by atoms with van der Waals surface area (Å²) in [5.41, 5.74) is 0.758. The van der Waals surface area contributed by atoms with Gasteiger partial charge in [-0.15, -0.1) is 15.3 Å². The monoisotopic (exact) mass is 341 g/mol. The van der Waals surface area contributed by atoms with Crippen molar-refractivity contribution < 1.29 is 13.2 Å². The molecular formula is C12H10F3N7S. The molecular weight excluding hydrogens is 331 g/mol. The van der Waals surface area contributed by atoms with Gasteiger partial charge in [0.25, 0.3) is 6.43 Å². The number of rotatable bonds is 5. The lowest BCUT2D eigenvalue weighted by Crippen LogP contribution is -2.05. The highest BCUT2D eigenvalue weighted by Crippen LogP contribution is 2.23. The number of aryl methyl sites for hydroxylation is 1. The van der Waals surface area contributed by atoms with Crippen molar-refractivity contribution in [3.8, 4) is 5.69 Å². The van der Waals surface area contributed by atoms with Crippen molar-refractivity contribution in [3.63, 3.8) is 0 Å². The number of halogens is 3. The van der Waals surface area contributed by atoms with Gasteiger partial charge in [-0.05, 0) is 35.5 Å². The van der Waals surface area contributed by atoms with Crippen molar-refractivity contribution in [1.82, 2.24) is 30.4 Å². The summed E-state index contributed by atoms with van der Waals surface area (Å²) < 4.78 is 40.1. The SMILES string of the molecule is Cc1nnnn1-c1cc(NCc2nnc(C(F)F)s2)ccc1F. The third-order valence-corrected chi connectivity index (χ3v) is 3.84. The van der Waals surface area contributed by atoms with Crippen LogP contribution in [0.2, 0.25) is 0 Å². The topological polar surface area (TPSA) is 81.4 Å². The van der Waals surface area contributed by atoms with Crippen molar-refractivity contribution in [2.75, 3.05) is 5.32 Å². The summed E-state index contributed by atoms with van der Waals surface area (Å²) in [4.78, 5) is 0. The lowest BCUT2D eigenvalue weighted by molar-refractivity contribution is 0.150. The summed E-state index contributed by atoms with van der Waals surface area (Å²) in [5, 5.41) is 21.0. The molecule has 1 aromatic carbocycles. The minimum atomic E-state index is -2.64. The Morgan fingerprint density at radius 2 is 2.09 bits per heavy atom. The average Bonchev–Trinajstić information content (AvgIpc) is 3.15. The minimum absolute atomic E-state index is 0.183. The molecule has 1 N–H and O–H groups in total. The quantitative estimate of drug-likeness (QED) is 0.768. The van der Waals surface area contributed by atoms with E-state index in [0.717, 1.165) is 11.3 Å². The molecule has 0 spiro atoms. The Kier molecular flexibility index (Phi) is 4.19. The fourth-order valence-electron chi connectivity index (χ4n) is 1.84. The van der Waals surface area contributed by atoms with Crippen LogP contribution in [0.5, 0.6) is 0 Å². The number of alkyl halides is 2. The van der Waals surface area contributed by atoms with Gasteiger partial charge >= 0.3 is 0 Å². The standard InChI is InChI=1S/C12H10F3N7S/c1-6-17-20-21-22(6)9-4-7(2-3-8(9)13)16-5-10-18-19-12(23-10)11(14)15/h2-4,11,16H,5H2,1H3. The van der Waals surface area contributed by atoms with E-state index in [2.05, 4.69) is 31.0 Å². The van der Waals surface area contributed by atoms with E-state index in [0.29, 0.717) is 16.5 Å². The van der Waals surface area contributed by atoms with Crippen LogP contribution in [0.4, 0.5) is 18.9 Å². The summed E-state index contributed by atoms with van der Waals surface area (Å²) in [6, 6.07) is 4.31. The molecule has 0 atom stereocenters. The highest BCUT2D eigenvalue weighted by atomic mass is 32.1. The maximum absolute atomic E-state index is 13.9. The first-order chi connectivity index (χ1) is 11.0. The van der Waals surface area contributed by atoms with Gasteiger partial charge in [-0.25, -0.2) is 13.2 Å². The van der Waals surface area contributed by atoms with E-state index in [1.165, 1.54) is 22.9 Å². The molecule has 120 valence electrons. The molecule has 7 nitrogen and oxygen atoms in total. The zero-order chi connectivity index (χ0) is 16.4. The molecule has 0 radical (unpaired) electrons. The predicted molar refractivity (Wildman–Crippen MR) is 76.0 cm³/mol. The Morgan fingerprint density at radius 1 is 1.26 bits per heavy atom. The molecule has 0 aliphatic carbocycles. The molecule has 2 aromatic heterocycles. The lowest BCUT2D eigenvalue weighted by atomic mass is 10.2. The smallest absolute Gasteiger partial charge is 0.291 e. The van der Waals surface area contributed by atoms with Gasteiger partial charge in [0.2, 0.25) is 0 Å². The van der Waals surface area contributed by atoms with E-state index in [-0.39, 0.29) is 17.2 Å². The molecule has 0 fully saturated rings. The number of aromatic nitrogens is 6. The van der Waals surface area contributed by atoms with Crippen molar-refractivity contribution in [2.24, 2.45) is 0 Å². The number of anilines is 1. The van der Waals surface area contributed by atoms with Gasteiger partial charge in [-0.1, -0.05) is 11.3 Å². The van der Waals surface area contributed by atoms with Gasteiger partial charge in [-0.2, -0.15) is 4.68 Å². The van der Waals surface area contributed by atoms with Crippen LogP contribution in [-0.2, 0) is 6.54 Å². The molecule has 0 unspecified atom stereocenters. The van der Waals surface area contributed by atoms with E-state index < -0.39 is 12.2 Å². The summed E-state index contributed by atoms with van der Waals surface area (Å²) in [6.07, 6.45) is -2.64. The van der Waals surface area contributed by atoms with E-state index in [9.17, 15) is 13.2 Å². The van der Waals surface area contributed by atoms with E-state index >= 15 is 0 Å². The molecule has 0 saturated heterocycles. The molecule has 11 heteroatoms. The number of benzene rings is 1. The van der Waals surface area contributed by atoms with Crippen LogP contribution in [0.1, 0.15) is 22.3 Å². The van der Waals surface area contributed by atoms with Crippen LogP contribution < -0.4 is 5.32 Å². The second-order valence-electron chi connectivity index (χ2n) is 4.49. The normalized spacial score (nSPS) is 11.2.